The fraction of sp³-hybridized carbons (Fsp3) is 0.111. The van der Waals surface area contributed by atoms with Crippen molar-refractivity contribution in [1.29, 1.82) is 0 Å². The van der Waals surface area contributed by atoms with Gasteiger partial charge in [-0.05, 0) is 24.3 Å². The minimum Gasteiger partial charge on any atom is -0.304 e. The molecule has 1 N–H and O–H groups in total. The molecule has 2 rings (SSSR count). The number of carbonyl (C=O) groups excluding carboxylic acids is 1. The molecule has 0 aromatic heterocycles. The number of halogens is 1. The van der Waals surface area contributed by atoms with Crippen molar-refractivity contribution in [2.45, 2.75) is 0 Å². The summed E-state index contributed by atoms with van der Waals surface area (Å²) in [5.41, 5.74) is 0.798. The van der Waals surface area contributed by atoms with Crippen LogP contribution >= 0.6 is 23.4 Å². The summed E-state index contributed by atoms with van der Waals surface area (Å²) in [6.45, 7) is 0. The topological polar surface area (TPSA) is 41.5 Å². The standard InChI is InChI=1S/C9H7ClN2OS/c10-6-1-3-7(4-2-6)11-8-5-14-9(13)12-8/h1-4H,5H2,(H,11,12,13). The van der Waals surface area contributed by atoms with E-state index in [2.05, 4.69) is 10.3 Å². The van der Waals surface area contributed by atoms with E-state index < -0.39 is 0 Å². The Morgan fingerprint density at radius 2 is 2.07 bits per heavy atom. The molecule has 0 saturated carbocycles. The number of benzene rings is 1. The molecule has 1 aliphatic heterocycles. The third kappa shape index (κ3) is 2.27. The fourth-order valence-electron chi connectivity index (χ4n) is 1.06. The third-order valence-electron chi connectivity index (χ3n) is 1.68. The maximum Gasteiger partial charge on any atom is 0.284 e. The summed E-state index contributed by atoms with van der Waals surface area (Å²) in [6, 6.07) is 7.16. The summed E-state index contributed by atoms with van der Waals surface area (Å²) in [5.74, 6) is 1.31. The van der Waals surface area contributed by atoms with Crippen molar-refractivity contribution >= 4 is 40.1 Å². The lowest BCUT2D eigenvalue weighted by molar-refractivity contribution is 0.265. The van der Waals surface area contributed by atoms with E-state index in [1.165, 1.54) is 11.8 Å². The molecule has 0 spiro atoms. The normalized spacial score (nSPS) is 18.6. The predicted octanol–water partition coefficient (Wildman–Crippen LogP) is 2.83. The third-order valence-corrected chi connectivity index (χ3v) is 2.71. The average Bonchev–Trinajstić information content (AvgIpc) is 2.56. The Kier molecular flexibility index (Phi) is 2.74. The first-order chi connectivity index (χ1) is 6.74. The molecule has 0 unspecified atom stereocenters. The van der Waals surface area contributed by atoms with Gasteiger partial charge in [-0.25, -0.2) is 4.99 Å². The number of nitrogens with one attached hydrogen (secondary N) is 1. The molecule has 5 heteroatoms. The summed E-state index contributed by atoms with van der Waals surface area (Å²) in [5, 5.41) is 3.29. The minimum absolute atomic E-state index is 0.0438. The van der Waals surface area contributed by atoms with Gasteiger partial charge in [0, 0.05) is 5.02 Å². The van der Waals surface area contributed by atoms with Crippen LogP contribution in [0.3, 0.4) is 0 Å². The molecule has 0 atom stereocenters. The number of carbonyl (C=O) groups is 1. The maximum atomic E-state index is 10.8. The number of rotatable bonds is 1. The highest BCUT2D eigenvalue weighted by Gasteiger charge is 2.15. The summed E-state index contributed by atoms with van der Waals surface area (Å²) >= 11 is 6.95. The van der Waals surface area contributed by atoms with Crippen molar-refractivity contribution in [1.82, 2.24) is 5.32 Å². The largest absolute Gasteiger partial charge is 0.304 e. The smallest absolute Gasteiger partial charge is 0.284 e. The summed E-state index contributed by atoms with van der Waals surface area (Å²) in [7, 11) is 0. The number of amides is 1. The summed E-state index contributed by atoms with van der Waals surface area (Å²) in [6.07, 6.45) is 0. The second kappa shape index (κ2) is 4.02. The number of aliphatic imine (C=N–C) groups is 1. The zero-order valence-corrected chi connectivity index (χ0v) is 8.73. The number of hydrogen-bond acceptors (Lipinski definition) is 3. The molecule has 0 bridgehead atoms. The summed E-state index contributed by atoms with van der Waals surface area (Å²) < 4.78 is 0. The highest BCUT2D eigenvalue weighted by molar-refractivity contribution is 8.14. The lowest BCUT2D eigenvalue weighted by Gasteiger charge is -1.96. The monoisotopic (exact) mass is 226 g/mol. The quantitative estimate of drug-likeness (QED) is 0.800. The van der Waals surface area contributed by atoms with Crippen LogP contribution in [0.1, 0.15) is 0 Å². The van der Waals surface area contributed by atoms with E-state index in [0.717, 1.165) is 5.69 Å². The maximum absolute atomic E-state index is 10.8. The molecule has 1 saturated heterocycles. The molecule has 1 aliphatic rings. The van der Waals surface area contributed by atoms with Gasteiger partial charge in [-0.15, -0.1) is 0 Å². The van der Waals surface area contributed by atoms with Gasteiger partial charge in [0.25, 0.3) is 5.24 Å². The molecule has 0 radical (unpaired) electrons. The lowest BCUT2D eigenvalue weighted by Crippen LogP contribution is -2.18. The van der Waals surface area contributed by atoms with Crippen LogP contribution in [-0.4, -0.2) is 16.8 Å². The van der Waals surface area contributed by atoms with Crippen LogP contribution in [0.4, 0.5) is 10.5 Å². The Hall–Kier alpha value is -1.000. The zero-order valence-electron chi connectivity index (χ0n) is 7.16. The molecule has 1 amide bonds. The zero-order chi connectivity index (χ0) is 9.97. The number of nitrogens with zero attached hydrogens (tertiary/aromatic N) is 1. The average molecular weight is 227 g/mol. The van der Waals surface area contributed by atoms with Gasteiger partial charge >= 0.3 is 0 Å². The summed E-state index contributed by atoms with van der Waals surface area (Å²) in [4.78, 5) is 15.1. The molecule has 1 fully saturated rings. The minimum atomic E-state index is -0.0438. The molecule has 0 aliphatic carbocycles. The molecule has 3 nitrogen and oxygen atoms in total. The molecule has 14 heavy (non-hydrogen) atoms. The predicted molar refractivity (Wildman–Crippen MR) is 59.5 cm³/mol. The molecule has 1 heterocycles. The number of thioether (sulfide) groups is 1. The van der Waals surface area contributed by atoms with Crippen molar-refractivity contribution in [3.63, 3.8) is 0 Å². The Labute approximate surface area is 90.6 Å². The van der Waals surface area contributed by atoms with Crippen molar-refractivity contribution in [3.05, 3.63) is 29.3 Å². The lowest BCUT2D eigenvalue weighted by atomic mass is 10.3. The van der Waals surface area contributed by atoms with Crippen LogP contribution in [0, 0.1) is 0 Å². The van der Waals surface area contributed by atoms with Gasteiger partial charge in [0.1, 0.15) is 5.84 Å². The first-order valence-electron chi connectivity index (χ1n) is 4.01. The van der Waals surface area contributed by atoms with Gasteiger partial charge in [0.05, 0.1) is 11.4 Å². The Balaban J connectivity index is 2.17. The van der Waals surface area contributed by atoms with Crippen LogP contribution in [-0.2, 0) is 0 Å². The fourth-order valence-corrected chi connectivity index (χ4v) is 1.78. The molecule has 1 aromatic rings. The number of amidine groups is 1. The molecular weight excluding hydrogens is 220 g/mol. The van der Waals surface area contributed by atoms with E-state index in [1.54, 1.807) is 12.1 Å². The van der Waals surface area contributed by atoms with Gasteiger partial charge in [-0.1, -0.05) is 23.4 Å². The highest BCUT2D eigenvalue weighted by atomic mass is 35.5. The van der Waals surface area contributed by atoms with Gasteiger partial charge in [-0.2, -0.15) is 0 Å². The van der Waals surface area contributed by atoms with E-state index in [0.29, 0.717) is 16.6 Å². The van der Waals surface area contributed by atoms with E-state index in [9.17, 15) is 4.79 Å². The van der Waals surface area contributed by atoms with Crippen LogP contribution in [0.5, 0.6) is 0 Å². The highest BCUT2D eigenvalue weighted by Crippen LogP contribution is 2.18. The second-order valence-electron chi connectivity index (χ2n) is 2.74. The Morgan fingerprint density at radius 1 is 1.36 bits per heavy atom. The van der Waals surface area contributed by atoms with Crippen LogP contribution < -0.4 is 5.32 Å². The van der Waals surface area contributed by atoms with Crippen molar-refractivity contribution in [2.75, 3.05) is 5.75 Å². The van der Waals surface area contributed by atoms with Crippen molar-refractivity contribution in [3.8, 4) is 0 Å². The SMILES string of the molecule is O=C1NC(=Nc2ccc(Cl)cc2)CS1. The van der Waals surface area contributed by atoms with E-state index in [-0.39, 0.29) is 5.24 Å². The van der Waals surface area contributed by atoms with Gasteiger partial charge in [0.15, 0.2) is 0 Å². The molecule has 1 aromatic carbocycles. The van der Waals surface area contributed by atoms with Crippen molar-refractivity contribution in [2.24, 2.45) is 4.99 Å². The first-order valence-corrected chi connectivity index (χ1v) is 5.37. The molecule has 72 valence electrons. The van der Waals surface area contributed by atoms with Crippen molar-refractivity contribution < 1.29 is 4.79 Å². The van der Waals surface area contributed by atoms with Crippen LogP contribution in [0.15, 0.2) is 29.3 Å². The van der Waals surface area contributed by atoms with E-state index in [1.807, 2.05) is 12.1 Å². The second-order valence-corrected chi connectivity index (χ2v) is 4.12. The van der Waals surface area contributed by atoms with Gasteiger partial charge in [-0.3, -0.25) is 4.79 Å². The van der Waals surface area contributed by atoms with Crippen LogP contribution in [0.25, 0.3) is 0 Å². The number of hydrogen-bond donors (Lipinski definition) is 1. The van der Waals surface area contributed by atoms with E-state index in [4.69, 9.17) is 11.6 Å². The Bertz CT molecular complexity index is 388. The molecular formula is C9H7ClN2OS. The van der Waals surface area contributed by atoms with E-state index >= 15 is 0 Å². The van der Waals surface area contributed by atoms with Crippen LogP contribution in [0.2, 0.25) is 5.02 Å². The first kappa shape index (κ1) is 9.55. The van der Waals surface area contributed by atoms with Gasteiger partial charge in [0.2, 0.25) is 0 Å². The van der Waals surface area contributed by atoms with Gasteiger partial charge < -0.3 is 5.32 Å². The Morgan fingerprint density at radius 3 is 2.64 bits per heavy atom.